The van der Waals surface area contributed by atoms with E-state index in [0.29, 0.717) is 6.61 Å². The fraction of sp³-hybridized carbons (Fsp3) is 0.667. The fourth-order valence-corrected chi connectivity index (χ4v) is 1.82. The minimum atomic E-state index is -0.815. The number of aromatic nitrogens is 2. The van der Waals surface area contributed by atoms with E-state index in [9.17, 15) is 4.79 Å². The first-order chi connectivity index (χ1) is 8.06. The second-order valence-corrected chi connectivity index (χ2v) is 3.99. The third-order valence-corrected chi connectivity index (χ3v) is 2.72. The Hall–Kier alpha value is -1.36. The Morgan fingerprint density at radius 2 is 2.18 bits per heavy atom. The summed E-state index contributed by atoms with van der Waals surface area (Å²) in [4.78, 5) is 10.7. The first-order valence-corrected chi connectivity index (χ1v) is 5.88. The molecule has 1 N–H and O–H groups in total. The predicted octanol–water partition coefficient (Wildman–Crippen LogP) is 1.55. The van der Waals surface area contributed by atoms with Crippen LogP contribution in [0.1, 0.15) is 30.3 Å². The van der Waals surface area contributed by atoms with Crippen molar-refractivity contribution in [2.24, 2.45) is 0 Å². The average Bonchev–Trinajstić information content (AvgIpc) is 2.52. The molecule has 0 aromatic carbocycles. The Morgan fingerprint density at radius 3 is 2.76 bits per heavy atom. The zero-order chi connectivity index (χ0) is 12.8. The van der Waals surface area contributed by atoms with Gasteiger partial charge in [0.1, 0.15) is 0 Å². The molecule has 0 aliphatic carbocycles. The molecular weight excluding hydrogens is 220 g/mol. The van der Waals surface area contributed by atoms with Gasteiger partial charge in [-0.25, -0.2) is 0 Å². The summed E-state index contributed by atoms with van der Waals surface area (Å²) in [7, 11) is 0. The van der Waals surface area contributed by atoms with E-state index in [2.05, 4.69) is 5.10 Å². The van der Waals surface area contributed by atoms with Crippen LogP contribution in [-0.4, -0.2) is 34.1 Å². The Kier molecular flexibility index (Phi) is 5.15. The summed E-state index contributed by atoms with van der Waals surface area (Å²) in [5, 5.41) is 13.2. The molecule has 1 aromatic heterocycles. The maximum Gasteiger partial charge on any atom is 0.307 e. The number of ether oxygens (including phenoxy) is 1. The maximum atomic E-state index is 10.7. The van der Waals surface area contributed by atoms with Crippen LogP contribution in [0.3, 0.4) is 0 Å². The molecule has 17 heavy (non-hydrogen) atoms. The second kappa shape index (κ2) is 6.39. The normalized spacial score (nSPS) is 10.8. The van der Waals surface area contributed by atoms with Gasteiger partial charge in [0.15, 0.2) is 0 Å². The number of carboxylic acids is 1. The highest BCUT2D eigenvalue weighted by Crippen LogP contribution is 2.14. The van der Waals surface area contributed by atoms with Crippen LogP contribution in [0.25, 0.3) is 0 Å². The lowest BCUT2D eigenvalue weighted by Gasteiger charge is -2.05. The molecule has 0 radical (unpaired) electrons. The average molecular weight is 240 g/mol. The van der Waals surface area contributed by atoms with Crippen molar-refractivity contribution in [2.75, 3.05) is 13.2 Å². The predicted molar refractivity (Wildman–Crippen MR) is 64.2 cm³/mol. The zero-order valence-corrected chi connectivity index (χ0v) is 10.7. The van der Waals surface area contributed by atoms with Gasteiger partial charge in [0, 0.05) is 31.0 Å². The van der Waals surface area contributed by atoms with Crippen molar-refractivity contribution in [3.63, 3.8) is 0 Å². The molecule has 0 bridgehead atoms. The van der Waals surface area contributed by atoms with Crippen molar-refractivity contribution in [1.82, 2.24) is 9.78 Å². The molecule has 0 saturated carbocycles. The minimum absolute atomic E-state index is 0.0448. The number of nitrogens with zero attached hydrogens (tertiary/aromatic N) is 2. The summed E-state index contributed by atoms with van der Waals surface area (Å²) >= 11 is 0. The van der Waals surface area contributed by atoms with Gasteiger partial charge in [-0.3, -0.25) is 9.48 Å². The van der Waals surface area contributed by atoms with Gasteiger partial charge in [-0.15, -0.1) is 0 Å². The first-order valence-electron chi connectivity index (χ1n) is 5.88. The molecule has 1 rings (SSSR count). The largest absolute Gasteiger partial charge is 0.481 e. The molecule has 1 aromatic rings. The maximum absolute atomic E-state index is 10.7. The van der Waals surface area contributed by atoms with Crippen LogP contribution < -0.4 is 0 Å². The van der Waals surface area contributed by atoms with E-state index in [0.717, 1.165) is 36.5 Å². The summed E-state index contributed by atoms with van der Waals surface area (Å²) in [5.74, 6) is -0.815. The lowest BCUT2D eigenvalue weighted by Crippen LogP contribution is -2.07. The van der Waals surface area contributed by atoms with Crippen LogP contribution in [0.4, 0.5) is 0 Å². The van der Waals surface area contributed by atoms with Crippen LogP contribution in [0, 0.1) is 13.8 Å². The highest BCUT2D eigenvalue weighted by molar-refractivity contribution is 5.70. The Balaban J connectivity index is 2.64. The summed E-state index contributed by atoms with van der Waals surface area (Å²) in [5.41, 5.74) is 2.58. The number of aliphatic carboxylic acids is 1. The fourth-order valence-electron chi connectivity index (χ4n) is 1.82. The Morgan fingerprint density at radius 1 is 1.47 bits per heavy atom. The summed E-state index contributed by atoms with van der Waals surface area (Å²) in [6.07, 6.45) is 0.936. The standard InChI is InChI=1S/C12H20N2O3/c1-4-17-7-5-6-14-10(3)11(8-12(15)16)9(2)13-14/h4-8H2,1-3H3,(H,15,16). The quantitative estimate of drug-likeness (QED) is 0.734. The number of aryl methyl sites for hydroxylation is 2. The third kappa shape index (κ3) is 3.85. The molecule has 0 saturated heterocycles. The van der Waals surface area contributed by atoms with Gasteiger partial charge < -0.3 is 9.84 Å². The lowest BCUT2D eigenvalue weighted by atomic mass is 10.1. The van der Waals surface area contributed by atoms with Crippen LogP contribution in [0.15, 0.2) is 0 Å². The second-order valence-electron chi connectivity index (χ2n) is 3.99. The number of carbonyl (C=O) groups is 1. The molecule has 0 amide bonds. The minimum Gasteiger partial charge on any atom is -0.481 e. The summed E-state index contributed by atoms with van der Waals surface area (Å²) in [6, 6.07) is 0. The van der Waals surface area contributed by atoms with Gasteiger partial charge >= 0.3 is 5.97 Å². The highest BCUT2D eigenvalue weighted by atomic mass is 16.5. The molecular formula is C12H20N2O3. The van der Waals surface area contributed by atoms with Crippen LogP contribution in [0.5, 0.6) is 0 Å². The topological polar surface area (TPSA) is 64.4 Å². The van der Waals surface area contributed by atoms with Crippen molar-refractivity contribution >= 4 is 5.97 Å². The Labute approximate surface area is 101 Å². The van der Waals surface area contributed by atoms with Crippen LogP contribution >= 0.6 is 0 Å². The van der Waals surface area contributed by atoms with E-state index in [1.807, 2.05) is 25.5 Å². The molecule has 0 fully saturated rings. The SMILES string of the molecule is CCOCCCn1nc(C)c(CC(=O)O)c1C. The highest BCUT2D eigenvalue weighted by Gasteiger charge is 2.13. The third-order valence-electron chi connectivity index (χ3n) is 2.72. The molecule has 5 heteroatoms. The van der Waals surface area contributed by atoms with Gasteiger partial charge in [-0.05, 0) is 27.2 Å². The monoisotopic (exact) mass is 240 g/mol. The van der Waals surface area contributed by atoms with Gasteiger partial charge in [-0.2, -0.15) is 5.10 Å². The molecule has 0 unspecified atom stereocenters. The molecule has 1 heterocycles. The molecule has 0 aliphatic rings. The number of hydrogen-bond acceptors (Lipinski definition) is 3. The van der Waals surface area contributed by atoms with Crippen molar-refractivity contribution in [3.8, 4) is 0 Å². The van der Waals surface area contributed by atoms with Gasteiger partial charge in [-0.1, -0.05) is 0 Å². The van der Waals surface area contributed by atoms with Crippen molar-refractivity contribution in [3.05, 3.63) is 17.0 Å². The van der Waals surface area contributed by atoms with E-state index < -0.39 is 5.97 Å². The molecule has 0 aliphatic heterocycles. The molecule has 5 nitrogen and oxygen atoms in total. The van der Waals surface area contributed by atoms with Crippen molar-refractivity contribution in [2.45, 2.75) is 40.2 Å². The first kappa shape index (κ1) is 13.7. The lowest BCUT2D eigenvalue weighted by molar-refractivity contribution is -0.136. The van der Waals surface area contributed by atoms with Crippen molar-refractivity contribution < 1.29 is 14.6 Å². The van der Waals surface area contributed by atoms with E-state index in [-0.39, 0.29) is 6.42 Å². The Bertz CT molecular complexity index is 385. The van der Waals surface area contributed by atoms with E-state index >= 15 is 0 Å². The van der Waals surface area contributed by atoms with Gasteiger partial charge in [0.05, 0.1) is 12.1 Å². The van der Waals surface area contributed by atoms with Gasteiger partial charge in [0.2, 0.25) is 0 Å². The summed E-state index contributed by atoms with van der Waals surface area (Å²) < 4.78 is 7.13. The number of carboxylic acid groups (broad SMARTS) is 1. The number of rotatable bonds is 7. The van der Waals surface area contributed by atoms with E-state index in [1.54, 1.807) is 0 Å². The van der Waals surface area contributed by atoms with Crippen LogP contribution in [-0.2, 0) is 22.5 Å². The van der Waals surface area contributed by atoms with E-state index in [4.69, 9.17) is 9.84 Å². The van der Waals surface area contributed by atoms with Crippen molar-refractivity contribution in [1.29, 1.82) is 0 Å². The smallest absolute Gasteiger partial charge is 0.307 e. The van der Waals surface area contributed by atoms with Gasteiger partial charge in [0.25, 0.3) is 0 Å². The number of hydrogen-bond donors (Lipinski definition) is 1. The van der Waals surface area contributed by atoms with E-state index in [1.165, 1.54) is 0 Å². The zero-order valence-electron chi connectivity index (χ0n) is 10.7. The summed E-state index contributed by atoms with van der Waals surface area (Å²) in [6.45, 7) is 7.94. The van der Waals surface area contributed by atoms with Crippen LogP contribution in [0.2, 0.25) is 0 Å². The molecule has 0 atom stereocenters. The molecule has 96 valence electrons. The molecule has 0 spiro atoms.